The molecule has 1 amide bonds. The number of hydrogen-bond donors (Lipinski definition) is 1. The molecule has 128 valence electrons. The van der Waals surface area contributed by atoms with E-state index in [0.717, 1.165) is 17.0 Å². The van der Waals surface area contributed by atoms with Gasteiger partial charge in [-0.3, -0.25) is 9.48 Å². The second kappa shape index (κ2) is 8.76. The summed E-state index contributed by atoms with van der Waals surface area (Å²) in [6.07, 6.45) is 2.31. The topological polar surface area (TPSA) is 56.1 Å². The fourth-order valence-electron chi connectivity index (χ4n) is 2.19. The van der Waals surface area contributed by atoms with Crippen LogP contribution in [0.25, 0.3) is 0 Å². The quantitative estimate of drug-likeness (QED) is 0.758. The van der Waals surface area contributed by atoms with E-state index in [1.54, 1.807) is 23.9 Å². The van der Waals surface area contributed by atoms with E-state index in [9.17, 15) is 4.79 Å². The van der Waals surface area contributed by atoms with Crippen molar-refractivity contribution >= 4 is 29.1 Å². The first-order valence-electron chi connectivity index (χ1n) is 7.47. The van der Waals surface area contributed by atoms with E-state index < -0.39 is 0 Å². The lowest BCUT2D eigenvalue weighted by Crippen LogP contribution is -2.25. The maximum atomic E-state index is 12.2. The largest absolute Gasteiger partial charge is 0.493 e. The number of hydrogen-bond acceptors (Lipinski definition) is 3. The fourth-order valence-corrected chi connectivity index (χ4v) is 2.40. The summed E-state index contributed by atoms with van der Waals surface area (Å²) in [5.74, 6) is 0.573. The first-order valence-corrected chi connectivity index (χ1v) is 8.23. The minimum atomic E-state index is -0.161. The molecule has 0 spiro atoms. The molecule has 0 aliphatic rings. The summed E-state index contributed by atoms with van der Waals surface area (Å²) in [4.78, 5) is 12.2. The van der Waals surface area contributed by atoms with Gasteiger partial charge in [0.2, 0.25) is 0 Å². The van der Waals surface area contributed by atoms with E-state index in [-0.39, 0.29) is 10.4 Å². The summed E-state index contributed by atoms with van der Waals surface area (Å²) in [5.41, 5.74) is 2.29. The molecule has 24 heavy (non-hydrogen) atoms. The Morgan fingerprint density at radius 3 is 2.83 bits per heavy atom. The average Bonchev–Trinajstić information content (AvgIpc) is 2.88. The van der Waals surface area contributed by atoms with Gasteiger partial charge < -0.3 is 10.1 Å². The zero-order valence-electron chi connectivity index (χ0n) is 13.6. The Balaban J connectivity index is 1.89. The molecule has 0 saturated heterocycles. The minimum absolute atomic E-state index is 0.161. The SMILES string of the molecule is Cc1cc(C(=O)NCc2cccc(OCCC=C(Cl)Cl)c2)n(C)n1. The molecule has 0 bridgehead atoms. The maximum absolute atomic E-state index is 12.2. The van der Waals surface area contributed by atoms with Gasteiger partial charge in [0.25, 0.3) is 5.91 Å². The van der Waals surface area contributed by atoms with Crippen LogP contribution in [-0.4, -0.2) is 22.3 Å². The normalized spacial score (nSPS) is 10.3. The molecule has 0 aliphatic carbocycles. The number of aryl methyl sites for hydroxylation is 2. The van der Waals surface area contributed by atoms with Gasteiger partial charge in [-0.15, -0.1) is 0 Å². The van der Waals surface area contributed by atoms with Gasteiger partial charge in [0, 0.05) is 20.0 Å². The van der Waals surface area contributed by atoms with Crippen LogP contribution in [0.1, 0.15) is 28.2 Å². The van der Waals surface area contributed by atoms with E-state index >= 15 is 0 Å². The zero-order valence-corrected chi connectivity index (χ0v) is 15.1. The average molecular weight is 368 g/mol. The van der Waals surface area contributed by atoms with Crippen LogP contribution < -0.4 is 10.1 Å². The zero-order chi connectivity index (χ0) is 17.5. The lowest BCUT2D eigenvalue weighted by Gasteiger charge is -2.08. The highest BCUT2D eigenvalue weighted by Crippen LogP contribution is 2.14. The third kappa shape index (κ3) is 5.58. The van der Waals surface area contributed by atoms with E-state index in [1.165, 1.54) is 0 Å². The first kappa shape index (κ1) is 18.4. The number of amides is 1. The molecular weight excluding hydrogens is 349 g/mol. The second-order valence-electron chi connectivity index (χ2n) is 5.26. The van der Waals surface area contributed by atoms with Crippen LogP contribution in [0.3, 0.4) is 0 Å². The van der Waals surface area contributed by atoms with Crippen molar-refractivity contribution in [1.29, 1.82) is 0 Å². The Hall–Kier alpha value is -1.98. The molecule has 1 N–H and O–H groups in total. The van der Waals surface area contributed by atoms with Crippen LogP contribution in [0.2, 0.25) is 0 Å². The highest BCUT2D eigenvalue weighted by molar-refractivity contribution is 6.55. The Morgan fingerprint density at radius 1 is 1.38 bits per heavy atom. The van der Waals surface area contributed by atoms with Gasteiger partial charge in [-0.1, -0.05) is 41.4 Å². The molecule has 5 nitrogen and oxygen atoms in total. The molecule has 7 heteroatoms. The molecule has 0 unspecified atom stereocenters. The number of ether oxygens (including phenoxy) is 1. The van der Waals surface area contributed by atoms with Crippen molar-refractivity contribution in [3.63, 3.8) is 0 Å². The molecule has 1 aromatic carbocycles. The highest BCUT2D eigenvalue weighted by atomic mass is 35.5. The molecular formula is C17H19Cl2N3O2. The lowest BCUT2D eigenvalue weighted by atomic mass is 10.2. The van der Waals surface area contributed by atoms with Gasteiger partial charge in [0.05, 0.1) is 12.3 Å². The molecule has 0 saturated carbocycles. The molecule has 0 atom stereocenters. The fraction of sp³-hybridized carbons (Fsp3) is 0.294. The maximum Gasteiger partial charge on any atom is 0.269 e. The van der Waals surface area contributed by atoms with Crippen molar-refractivity contribution in [2.24, 2.45) is 7.05 Å². The Bertz CT molecular complexity index is 737. The molecule has 0 fully saturated rings. The Kier molecular flexibility index (Phi) is 6.70. The van der Waals surface area contributed by atoms with Crippen LogP contribution in [-0.2, 0) is 13.6 Å². The van der Waals surface area contributed by atoms with E-state index in [4.69, 9.17) is 27.9 Å². The molecule has 0 radical (unpaired) electrons. The van der Waals surface area contributed by atoms with Crippen LogP contribution >= 0.6 is 23.2 Å². The molecule has 1 aromatic heterocycles. The predicted octanol–water partition coefficient (Wildman–Crippen LogP) is 3.75. The van der Waals surface area contributed by atoms with Crippen LogP contribution in [0, 0.1) is 6.92 Å². The number of rotatable bonds is 7. The minimum Gasteiger partial charge on any atom is -0.493 e. The standard InChI is InChI=1S/C17H19Cl2N3O2/c1-12-9-15(22(2)21-12)17(23)20-11-13-5-3-6-14(10-13)24-8-4-7-16(18)19/h3,5-7,9-10H,4,8,11H2,1-2H3,(H,20,23). The van der Waals surface area contributed by atoms with Crippen molar-refractivity contribution < 1.29 is 9.53 Å². The van der Waals surface area contributed by atoms with E-state index in [2.05, 4.69) is 10.4 Å². The molecule has 2 rings (SSSR count). The van der Waals surface area contributed by atoms with Crippen LogP contribution in [0.15, 0.2) is 40.9 Å². The summed E-state index contributed by atoms with van der Waals surface area (Å²) in [6.45, 7) is 2.74. The summed E-state index contributed by atoms with van der Waals surface area (Å²) in [6, 6.07) is 9.32. The monoisotopic (exact) mass is 367 g/mol. The van der Waals surface area contributed by atoms with E-state index in [1.807, 2.05) is 31.2 Å². The van der Waals surface area contributed by atoms with Crippen molar-refractivity contribution in [3.8, 4) is 5.75 Å². The van der Waals surface area contributed by atoms with Gasteiger partial charge in [0.1, 0.15) is 15.9 Å². The predicted molar refractivity (Wildman–Crippen MR) is 95.5 cm³/mol. The summed E-state index contributed by atoms with van der Waals surface area (Å²) in [5, 5.41) is 7.05. The summed E-state index contributed by atoms with van der Waals surface area (Å²) >= 11 is 11.1. The molecule has 2 aromatic rings. The Morgan fingerprint density at radius 2 is 2.17 bits per heavy atom. The van der Waals surface area contributed by atoms with Crippen LogP contribution in [0.5, 0.6) is 5.75 Å². The van der Waals surface area contributed by atoms with Crippen molar-refractivity contribution in [1.82, 2.24) is 15.1 Å². The van der Waals surface area contributed by atoms with Crippen molar-refractivity contribution in [2.45, 2.75) is 19.9 Å². The molecule has 1 heterocycles. The second-order valence-corrected chi connectivity index (χ2v) is 6.26. The number of carbonyl (C=O) groups is 1. The third-order valence-electron chi connectivity index (χ3n) is 3.27. The van der Waals surface area contributed by atoms with Gasteiger partial charge in [-0.25, -0.2) is 0 Å². The summed E-state index contributed by atoms with van der Waals surface area (Å²) < 4.78 is 7.43. The first-order chi connectivity index (χ1) is 11.5. The van der Waals surface area contributed by atoms with Gasteiger partial charge in [-0.05, 0) is 30.7 Å². The summed E-state index contributed by atoms with van der Waals surface area (Å²) in [7, 11) is 1.75. The van der Waals surface area contributed by atoms with Gasteiger partial charge in [0.15, 0.2) is 0 Å². The Labute approximate surface area is 151 Å². The van der Waals surface area contributed by atoms with Gasteiger partial charge in [-0.2, -0.15) is 5.10 Å². The lowest BCUT2D eigenvalue weighted by molar-refractivity contribution is 0.0941. The molecule has 0 aliphatic heterocycles. The van der Waals surface area contributed by atoms with Crippen molar-refractivity contribution in [3.05, 3.63) is 57.9 Å². The highest BCUT2D eigenvalue weighted by Gasteiger charge is 2.11. The van der Waals surface area contributed by atoms with Crippen LogP contribution in [0.4, 0.5) is 0 Å². The number of aromatic nitrogens is 2. The number of halogens is 2. The van der Waals surface area contributed by atoms with Gasteiger partial charge >= 0.3 is 0 Å². The van der Waals surface area contributed by atoms with Crippen molar-refractivity contribution in [2.75, 3.05) is 6.61 Å². The van der Waals surface area contributed by atoms with E-state index in [0.29, 0.717) is 25.3 Å². The number of nitrogens with zero attached hydrogens (tertiary/aromatic N) is 2. The number of nitrogens with one attached hydrogen (secondary N) is 1. The smallest absolute Gasteiger partial charge is 0.269 e. The number of carbonyl (C=O) groups excluding carboxylic acids is 1. The number of benzene rings is 1. The third-order valence-corrected chi connectivity index (χ3v) is 3.58.